The zero-order chi connectivity index (χ0) is 57.3. The number of rotatable bonds is 22. The maximum absolute atomic E-state index is 14.0. The summed E-state index contributed by atoms with van der Waals surface area (Å²) < 4.78 is 120. The van der Waals surface area contributed by atoms with Crippen LogP contribution < -0.4 is 38.1 Å². The number of fused-ring (bicyclic) bond motifs is 3. The predicted octanol–water partition coefficient (Wildman–Crippen LogP) is -2.36. The zero-order valence-corrected chi connectivity index (χ0v) is 45.2. The van der Waals surface area contributed by atoms with Crippen LogP contribution in [0.15, 0.2) is 28.6 Å². The SMILES string of the molecule is CO[C@@H]1C(O)[C@H](N2CN(C)c3c2nc(N)[nH]c3=O)O[C@@H]1COP(=O)(O)OP(=O)(O)OP(=O)(O)OC[C@H]1O[C@@H](n2cnc3c(N)ncnc32)[C@@H](OC)C1OP(=O)(O)OC[C@H]1O[C@@H](n2cnc3c(=O)[nH]c(N)nc32)[C@@H](O)C1OC(C)C. The lowest BCUT2D eigenvalue weighted by Gasteiger charge is -2.27. The van der Waals surface area contributed by atoms with Crippen molar-refractivity contribution in [1.29, 1.82) is 0 Å². The first-order valence-corrected chi connectivity index (χ1v) is 29.0. The van der Waals surface area contributed by atoms with Gasteiger partial charge in [0.25, 0.3) is 11.1 Å². The van der Waals surface area contributed by atoms with Crippen LogP contribution in [0.2, 0.25) is 0 Å². The minimum atomic E-state index is -6.17. The Morgan fingerprint density at radius 1 is 0.671 bits per heavy atom. The van der Waals surface area contributed by atoms with Gasteiger partial charge in [-0.2, -0.15) is 18.6 Å². The number of nitrogens with zero attached hydrogens (tertiary/aromatic N) is 10. The fraction of sp³-hybridized carbons (Fsp3) is 0.611. The smallest absolute Gasteiger partial charge is 0.386 e. The largest absolute Gasteiger partial charge is 0.490 e. The first-order chi connectivity index (χ1) is 37.1. The van der Waals surface area contributed by atoms with E-state index in [0.29, 0.717) is 0 Å². The highest BCUT2D eigenvalue weighted by Gasteiger charge is 2.55. The molecule has 5 aromatic heterocycles. The van der Waals surface area contributed by atoms with Gasteiger partial charge in [-0.1, -0.05) is 0 Å². The number of anilines is 5. The fourth-order valence-electron chi connectivity index (χ4n) is 9.19. The molecule has 79 heavy (non-hydrogen) atoms. The lowest BCUT2D eigenvalue weighted by atomic mass is 10.1. The third-order valence-electron chi connectivity index (χ3n) is 12.4. The summed E-state index contributed by atoms with van der Waals surface area (Å²) in [7, 11) is -19.5. The quantitative estimate of drug-likeness (QED) is 0.0323. The number of phosphoric ester groups is 3. The van der Waals surface area contributed by atoms with E-state index < -0.39 is 142 Å². The number of aliphatic hydroxyl groups excluding tert-OH is 2. The molecule has 0 amide bonds. The molecule has 14 N–H and O–H groups in total. The van der Waals surface area contributed by atoms with Gasteiger partial charge < -0.3 is 85.2 Å². The summed E-state index contributed by atoms with van der Waals surface area (Å²) in [5, 5.41) is 22.6. The summed E-state index contributed by atoms with van der Waals surface area (Å²) in [6, 6.07) is 0. The summed E-state index contributed by atoms with van der Waals surface area (Å²) in [5.41, 5.74) is 16.1. The Labute approximate surface area is 442 Å². The molecule has 3 fully saturated rings. The highest BCUT2D eigenvalue weighted by Crippen LogP contribution is 2.68. The maximum Gasteiger partial charge on any atom is 0.490 e. The second kappa shape index (κ2) is 22.4. The highest BCUT2D eigenvalue weighted by molar-refractivity contribution is 7.66. The van der Waals surface area contributed by atoms with Crippen LogP contribution in [0.4, 0.5) is 29.2 Å². The number of imidazole rings is 2. The van der Waals surface area contributed by atoms with Crippen LogP contribution in [-0.2, 0) is 73.4 Å². The molecule has 7 unspecified atom stereocenters. The van der Waals surface area contributed by atoms with Crippen molar-refractivity contribution in [2.45, 2.75) is 93.6 Å². The molecular weight excluding hydrogens is 1150 g/mol. The molecule has 0 aliphatic carbocycles. The van der Waals surface area contributed by atoms with Crippen molar-refractivity contribution in [1.82, 2.24) is 49.0 Å². The normalized spacial score (nSPS) is 30.3. The maximum atomic E-state index is 14.0. The molecule has 3 saturated heterocycles. The van der Waals surface area contributed by atoms with Gasteiger partial charge in [0.15, 0.2) is 47.1 Å². The van der Waals surface area contributed by atoms with Gasteiger partial charge in [-0.15, -0.1) is 0 Å². The number of nitrogen functional groups attached to an aromatic ring is 3. The summed E-state index contributed by atoms with van der Waals surface area (Å²) >= 11 is 0. The Morgan fingerprint density at radius 3 is 1.84 bits per heavy atom. The van der Waals surface area contributed by atoms with Crippen molar-refractivity contribution < 1.29 is 103 Å². The number of hydrogen-bond donors (Lipinski definition) is 11. The van der Waals surface area contributed by atoms with E-state index in [9.17, 15) is 57.6 Å². The standard InChI is InChI=1S/C36H53N15O24P4/c1-13(2)69-23-15(71-32(21(23)53)50-11-43-18-28(50)44-35(38)46-30(18)54)7-66-76(56,57)73-24-16(72-34(25(24)65-5)49-10-42-17-26(37)40-9-41-27(17)49)8-68-78(60,61)75-79(62,63)74-77(58,59)67-6-14-22(64-4)20(52)33(70-14)51-12-48(3)19-29(51)45-36(39)47-31(19)55/h9-11,13-16,20-25,32-34,52-53H,6-8,12H2,1-5H3,(H,56,57)(H,58,59)(H,60,61)(H,62,63)(H2,37,40,41)(H3,38,44,46,54)(H3,39,45,47,55)/t14-,15-,16-,20?,21+,22+,23?,24?,25+,32-,33-,34-/m1/s1. The van der Waals surface area contributed by atoms with Crippen LogP contribution in [0.25, 0.3) is 22.3 Å². The number of hydrogen-bond acceptors (Lipinski definition) is 31. The fourth-order valence-corrected chi connectivity index (χ4v) is 13.7. The van der Waals surface area contributed by atoms with E-state index in [2.05, 4.69) is 48.5 Å². The minimum absolute atomic E-state index is 0.0201. The molecule has 9 heterocycles. The Morgan fingerprint density at radius 2 is 1.20 bits per heavy atom. The van der Waals surface area contributed by atoms with E-state index in [1.54, 1.807) is 20.9 Å². The van der Waals surface area contributed by atoms with Crippen LogP contribution in [0, 0.1) is 0 Å². The predicted molar refractivity (Wildman–Crippen MR) is 262 cm³/mol. The second-order valence-electron chi connectivity index (χ2n) is 18.0. The van der Waals surface area contributed by atoms with E-state index in [4.69, 9.17) is 63.7 Å². The van der Waals surface area contributed by atoms with Crippen molar-refractivity contribution in [2.24, 2.45) is 0 Å². The Bertz CT molecular complexity index is 3390. The molecule has 0 bridgehead atoms. The summed E-state index contributed by atoms with van der Waals surface area (Å²) in [4.78, 5) is 100.0. The number of phosphoric acid groups is 4. The van der Waals surface area contributed by atoms with E-state index in [1.165, 1.54) is 25.3 Å². The van der Waals surface area contributed by atoms with E-state index >= 15 is 0 Å². The van der Waals surface area contributed by atoms with Gasteiger partial charge in [0.05, 0.1) is 45.2 Å². The van der Waals surface area contributed by atoms with Crippen LogP contribution in [0.1, 0.15) is 26.3 Å². The highest BCUT2D eigenvalue weighted by atomic mass is 31.3. The molecule has 4 aliphatic rings. The van der Waals surface area contributed by atoms with Crippen LogP contribution in [-0.4, -0.2) is 194 Å². The second-order valence-corrected chi connectivity index (χ2v) is 24.1. The van der Waals surface area contributed by atoms with Gasteiger partial charge in [-0.05, 0) is 13.8 Å². The molecule has 39 nitrogen and oxygen atoms in total. The van der Waals surface area contributed by atoms with Gasteiger partial charge in [0.1, 0.15) is 72.5 Å². The number of aliphatic hydroxyl groups is 2. The number of aromatic nitrogens is 10. The first-order valence-electron chi connectivity index (χ1n) is 23.0. The van der Waals surface area contributed by atoms with Crippen molar-refractivity contribution >= 4 is 82.8 Å². The third-order valence-corrected chi connectivity index (χ3v) is 17.6. The molecule has 9 rings (SSSR count). The molecule has 16 atom stereocenters. The molecule has 0 saturated carbocycles. The van der Waals surface area contributed by atoms with Crippen molar-refractivity contribution in [3.63, 3.8) is 0 Å². The van der Waals surface area contributed by atoms with Gasteiger partial charge in [-0.25, -0.2) is 38.2 Å². The van der Waals surface area contributed by atoms with Crippen LogP contribution >= 0.6 is 31.3 Å². The van der Waals surface area contributed by atoms with Gasteiger partial charge in [0.2, 0.25) is 11.9 Å². The third kappa shape index (κ3) is 12.1. The molecule has 5 aromatic rings. The number of H-pyrrole nitrogens is 2. The molecule has 0 aromatic carbocycles. The lowest BCUT2D eigenvalue weighted by molar-refractivity contribution is -0.0814. The van der Waals surface area contributed by atoms with E-state index in [0.717, 1.165) is 26.9 Å². The number of nitrogens with two attached hydrogens (primary N) is 3. The van der Waals surface area contributed by atoms with Gasteiger partial charge >= 0.3 is 31.3 Å². The van der Waals surface area contributed by atoms with Gasteiger partial charge in [0, 0.05) is 21.3 Å². The molecule has 0 radical (unpaired) electrons. The number of ether oxygens (including phenoxy) is 6. The molecular formula is C36H53N15O24P4. The monoisotopic (exact) mass is 1200 g/mol. The van der Waals surface area contributed by atoms with E-state index in [1.807, 2.05) is 0 Å². The lowest BCUT2D eigenvalue weighted by Crippen LogP contribution is -2.46. The summed E-state index contributed by atoms with van der Waals surface area (Å²) in [6.07, 6.45) is -14.9. The Hall–Kier alpha value is -5.02. The average molecular weight is 1200 g/mol. The van der Waals surface area contributed by atoms with Gasteiger partial charge in [-0.3, -0.25) is 46.8 Å². The van der Waals surface area contributed by atoms with E-state index in [-0.39, 0.29) is 58.2 Å². The molecule has 0 spiro atoms. The number of nitrogens with one attached hydrogen (secondary N) is 2. The number of aromatic amines is 2. The Kier molecular flexibility index (Phi) is 16.6. The first kappa shape index (κ1) is 58.6. The average Bonchev–Trinajstić information content (AvgIpc) is 4.30. The molecule has 4 aliphatic heterocycles. The Balaban J connectivity index is 0.876. The van der Waals surface area contributed by atoms with Crippen LogP contribution in [0.3, 0.4) is 0 Å². The van der Waals surface area contributed by atoms with Crippen LogP contribution in [0.5, 0.6) is 0 Å². The minimum Gasteiger partial charge on any atom is -0.386 e. The van der Waals surface area contributed by atoms with Crippen molar-refractivity contribution in [3.8, 4) is 0 Å². The van der Waals surface area contributed by atoms with Crippen molar-refractivity contribution in [2.75, 3.05) is 74.8 Å². The summed E-state index contributed by atoms with van der Waals surface area (Å²) in [6.45, 7) is 0.142. The zero-order valence-electron chi connectivity index (χ0n) is 41.6. The number of methoxy groups -OCH3 is 2. The van der Waals surface area contributed by atoms with Crippen molar-refractivity contribution in [3.05, 3.63) is 39.7 Å². The summed E-state index contributed by atoms with van der Waals surface area (Å²) in [5.74, 6) is -0.578. The topological polar surface area (TPSA) is 538 Å². The molecule has 43 heteroatoms. The molecule has 436 valence electrons.